The fraction of sp³-hybridized carbons (Fsp3) is 0.448. The zero-order valence-electron chi connectivity index (χ0n) is 24.4. The molecule has 0 aliphatic heterocycles. The summed E-state index contributed by atoms with van der Waals surface area (Å²) in [6, 6.07) is 12.4. The van der Waals surface area contributed by atoms with Gasteiger partial charge in [0.2, 0.25) is 23.6 Å². The Hall–Kier alpha value is -3.61. The molecule has 0 aromatic heterocycles. The number of aliphatic hydroxyl groups excluding tert-OH is 1. The van der Waals surface area contributed by atoms with Crippen LogP contribution in [0.5, 0.6) is 5.75 Å². The zero-order chi connectivity index (χ0) is 30.9. The van der Waals surface area contributed by atoms with E-state index >= 15 is 0 Å². The van der Waals surface area contributed by atoms with Crippen LogP contribution >= 0.6 is 11.8 Å². The molecule has 0 spiro atoms. The molecule has 12 heteroatoms. The third-order valence-corrected chi connectivity index (χ3v) is 6.97. The first-order valence-electron chi connectivity index (χ1n) is 13.9. The lowest BCUT2D eigenvalue weighted by molar-refractivity contribution is -0.131. The van der Waals surface area contributed by atoms with Gasteiger partial charge in [0.25, 0.3) is 0 Å². The standard InChI is InChI=1S/C29H41N5O6S/c1-19(32-28(39)24(30)16-21-8-11-23(36)12-9-21)27(38)31-17-26(37)34-25(13-10-20-6-4-3-5-7-20)29(40)33-22(18-35)14-15-41-2/h3-9,11-12,19,22,24-25,35-36H,10,13-18,30H2,1-2H3,(H,31,38)(H,32,39)(H,33,40)(H,34,37)/t19-,22-,24-,25-/m0/s1/i/hD. The molecule has 0 fully saturated rings. The second kappa shape index (κ2) is 17.9. The highest BCUT2D eigenvalue weighted by Gasteiger charge is 2.25. The predicted octanol–water partition coefficient (Wildman–Crippen LogP) is 0.231. The number of thioether (sulfide) groups is 1. The number of carbonyl (C=O) groups is 4. The molecular weight excluding hydrogens is 546 g/mol. The lowest BCUT2D eigenvalue weighted by atomic mass is 10.0. The van der Waals surface area contributed by atoms with Gasteiger partial charge in [-0.3, -0.25) is 19.2 Å². The fourth-order valence-electron chi connectivity index (χ4n) is 3.90. The molecule has 2 aromatic carbocycles. The predicted molar refractivity (Wildman–Crippen MR) is 159 cm³/mol. The SMILES string of the molecule is [2H]N[C@@H](Cc1ccc(O)cc1)C(=O)N[C@@H](C)C(=O)NCC(=O)N[C@@H](CCc1ccccc1)C(=O)N[C@H](CO)CCSC. The summed E-state index contributed by atoms with van der Waals surface area (Å²) in [5.41, 5.74) is 3.87. The topological polar surface area (TPSA) is 183 Å². The smallest absolute Gasteiger partial charge is 0.242 e. The largest absolute Gasteiger partial charge is 0.508 e. The van der Waals surface area contributed by atoms with Gasteiger partial charge in [0, 0.05) is 0 Å². The maximum atomic E-state index is 13.0. The first-order valence-corrected chi connectivity index (χ1v) is 14.8. The summed E-state index contributed by atoms with van der Waals surface area (Å²) in [6.45, 7) is 0.807. The van der Waals surface area contributed by atoms with Gasteiger partial charge in [0.05, 0.1) is 25.2 Å². The molecule has 4 atom stereocenters. The van der Waals surface area contributed by atoms with Crippen LogP contribution in [-0.4, -0.2) is 83.2 Å². The molecule has 4 amide bonds. The third kappa shape index (κ3) is 12.6. The average Bonchev–Trinajstić information content (AvgIpc) is 2.99. The number of nitrogens with one attached hydrogen (secondary N) is 4. The summed E-state index contributed by atoms with van der Waals surface area (Å²) in [5, 5.41) is 29.5. The molecule has 0 saturated heterocycles. The van der Waals surface area contributed by atoms with Crippen molar-refractivity contribution in [3.8, 4) is 5.75 Å². The van der Waals surface area contributed by atoms with E-state index in [1.807, 2.05) is 36.6 Å². The Morgan fingerprint density at radius 1 is 0.927 bits per heavy atom. The normalized spacial score (nSPS) is 14.1. The van der Waals surface area contributed by atoms with E-state index in [2.05, 4.69) is 27.0 Å². The fourth-order valence-corrected chi connectivity index (χ4v) is 4.42. The van der Waals surface area contributed by atoms with E-state index in [-0.39, 0.29) is 18.8 Å². The Morgan fingerprint density at radius 3 is 2.27 bits per heavy atom. The molecule has 2 rings (SSSR count). The molecule has 0 unspecified atom stereocenters. The number of rotatable bonds is 18. The van der Waals surface area contributed by atoms with Gasteiger partial charge in [0.15, 0.2) is 0 Å². The monoisotopic (exact) mass is 588 g/mol. The van der Waals surface area contributed by atoms with Crippen molar-refractivity contribution in [1.82, 2.24) is 21.3 Å². The van der Waals surface area contributed by atoms with Gasteiger partial charge in [-0.2, -0.15) is 11.8 Å². The summed E-state index contributed by atoms with van der Waals surface area (Å²) >= 11 is 1.60. The Balaban J connectivity index is 1.91. The summed E-state index contributed by atoms with van der Waals surface area (Å²) in [7, 11) is 0. The molecule has 0 bridgehead atoms. The van der Waals surface area contributed by atoms with Crippen molar-refractivity contribution in [2.24, 2.45) is 5.73 Å². The average molecular weight is 589 g/mol. The van der Waals surface area contributed by atoms with Crippen LogP contribution in [0.4, 0.5) is 0 Å². The van der Waals surface area contributed by atoms with Crippen molar-refractivity contribution in [2.75, 3.05) is 25.2 Å². The number of phenolic OH excluding ortho intramolecular Hbond substituents is 1. The third-order valence-electron chi connectivity index (χ3n) is 6.32. The first-order chi connectivity index (χ1) is 20.2. The van der Waals surface area contributed by atoms with Crippen LogP contribution in [0, 0.1) is 0 Å². The first kappa shape index (κ1) is 31.9. The van der Waals surface area contributed by atoms with Gasteiger partial charge in [0.1, 0.15) is 19.2 Å². The van der Waals surface area contributed by atoms with E-state index in [0.29, 0.717) is 24.8 Å². The van der Waals surface area contributed by atoms with E-state index in [1.165, 1.54) is 19.1 Å². The van der Waals surface area contributed by atoms with Crippen molar-refractivity contribution < 1.29 is 30.8 Å². The van der Waals surface area contributed by atoms with Crippen molar-refractivity contribution in [3.05, 3.63) is 65.7 Å². The molecular formula is C29H41N5O6S. The zero-order valence-corrected chi connectivity index (χ0v) is 24.2. The lowest BCUT2D eigenvalue weighted by Crippen LogP contribution is -2.54. The van der Waals surface area contributed by atoms with E-state index in [4.69, 9.17) is 1.41 Å². The van der Waals surface area contributed by atoms with Crippen LogP contribution in [-0.2, 0) is 32.0 Å². The summed E-state index contributed by atoms with van der Waals surface area (Å²) < 4.78 is 7.49. The number of phenols is 1. The van der Waals surface area contributed by atoms with Crippen LogP contribution in [0.25, 0.3) is 0 Å². The van der Waals surface area contributed by atoms with Gasteiger partial charge in [-0.05, 0) is 67.9 Å². The highest BCUT2D eigenvalue weighted by molar-refractivity contribution is 7.98. The van der Waals surface area contributed by atoms with Gasteiger partial charge in [-0.25, -0.2) is 0 Å². The molecule has 0 aliphatic carbocycles. The molecule has 0 saturated carbocycles. The number of aromatic hydroxyl groups is 1. The van der Waals surface area contributed by atoms with E-state index in [0.717, 1.165) is 11.3 Å². The summed E-state index contributed by atoms with van der Waals surface area (Å²) in [5.74, 6) is -1.37. The number of aryl methyl sites for hydroxylation is 1. The Kier molecular flexibility index (Phi) is 14.0. The lowest BCUT2D eigenvalue weighted by Gasteiger charge is -2.23. The van der Waals surface area contributed by atoms with Crippen LogP contribution in [0.1, 0.15) is 30.9 Å². The van der Waals surface area contributed by atoms with Crippen molar-refractivity contribution in [1.29, 1.82) is 0 Å². The summed E-state index contributed by atoms with van der Waals surface area (Å²) in [6.07, 6.45) is 3.51. The maximum absolute atomic E-state index is 13.0. The number of hydrogen-bond donors (Lipinski definition) is 7. The van der Waals surface area contributed by atoms with Crippen molar-refractivity contribution in [2.45, 2.75) is 56.8 Å². The minimum Gasteiger partial charge on any atom is -0.508 e. The Labute approximate surface area is 246 Å². The number of nitrogens with two attached hydrogens (primary N) is 1. The maximum Gasteiger partial charge on any atom is 0.242 e. The highest BCUT2D eigenvalue weighted by atomic mass is 32.2. The van der Waals surface area contributed by atoms with Gasteiger partial charge in [-0.15, -0.1) is 0 Å². The van der Waals surface area contributed by atoms with Crippen LogP contribution in [0.3, 0.4) is 0 Å². The van der Waals surface area contributed by atoms with Gasteiger partial charge in [-0.1, -0.05) is 42.5 Å². The van der Waals surface area contributed by atoms with Crippen molar-refractivity contribution >= 4 is 35.4 Å². The molecule has 41 heavy (non-hydrogen) atoms. The number of aliphatic hydroxyl groups is 1. The molecule has 8 N–H and O–H groups in total. The number of benzene rings is 2. The van der Waals surface area contributed by atoms with Crippen LogP contribution < -0.4 is 27.0 Å². The van der Waals surface area contributed by atoms with Gasteiger partial charge < -0.3 is 37.2 Å². The number of hydrogen-bond acceptors (Lipinski definition) is 8. The minimum atomic E-state index is -1.00. The number of carbonyl (C=O) groups excluding carboxylic acids is 4. The molecule has 2 aromatic rings. The highest BCUT2D eigenvalue weighted by Crippen LogP contribution is 2.11. The van der Waals surface area contributed by atoms with Crippen molar-refractivity contribution in [3.63, 3.8) is 0 Å². The molecule has 0 radical (unpaired) electrons. The van der Waals surface area contributed by atoms with E-state index < -0.39 is 54.3 Å². The molecule has 11 nitrogen and oxygen atoms in total. The van der Waals surface area contributed by atoms with Crippen LogP contribution in [0.15, 0.2) is 54.6 Å². The molecule has 0 heterocycles. The van der Waals surface area contributed by atoms with E-state index in [9.17, 15) is 29.4 Å². The molecule has 224 valence electrons. The number of amides is 4. The van der Waals surface area contributed by atoms with E-state index in [1.54, 1.807) is 23.9 Å². The minimum absolute atomic E-state index is 0.0802. The van der Waals surface area contributed by atoms with Crippen LogP contribution in [0.2, 0.25) is 1.41 Å². The second-order valence-corrected chi connectivity index (χ2v) is 10.7. The summed E-state index contributed by atoms with van der Waals surface area (Å²) in [4.78, 5) is 51.0. The second-order valence-electron chi connectivity index (χ2n) is 9.69. The molecule has 0 aliphatic rings. The Morgan fingerprint density at radius 2 is 1.63 bits per heavy atom. The Bertz CT molecular complexity index is 1140. The quantitative estimate of drug-likeness (QED) is 0.129. The van der Waals surface area contributed by atoms with Gasteiger partial charge >= 0.3 is 0 Å².